The van der Waals surface area contributed by atoms with Crippen LogP contribution in [0.5, 0.6) is 0 Å². The van der Waals surface area contributed by atoms with Crippen LogP contribution in [0.2, 0.25) is 5.02 Å². The monoisotopic (exact) mass is 291 g/mol. The summed E-state index contributed by atoms with van der Waals surface area (Å²) in [6.07, 6.45) is 1.95. The molecule has 0 aliphatic carbocycles. The maximum atomic E-state index is 13.7. The lowest BCUT2D eigenvalue weighted by Gasteiger charge is -2.05. The number of benzene rings is 2. The second kappa shape index (κ2) is 5.27. The molecule has 2 aromatic carbocycles. The van der Waals surface area contributed by atoms with Gasteiger partial charge in [0.2, 0.25) is 0 Å². The van der Waals surface area contributed by atoms with Crippen molar-refractivity contribution in [2.75, 3.05) is 0 Å². The highest BCUT2D eigenvalue weighted by molar-refractivity contribution is 7.98. The van der Waals surface area contributed by atoms with Gasteiger partial charge in [0, 0.05) is 38.3 Å². The molecule has 1 aromatic heterocycles. The minimum Gasteiger partial charge on any atom is -0.360 e. The predicted molar refractivity (Wildman–Crippen MR) is 79.3 cm³/mol. The minimum absolute atomic E-state index is 0.250. The van der Waals surface area contributed by atoms with E-state index in [2.05, 4.69) is 11.1 Å². The zero-order valence-corrected chi connectivity index (χ0v) is 11.6. The summed E-state index contributed by atoms with van der Waals surface area (Å²) >= 11 is 7.61. The number of hydrogen-bond acceptors (Lipinski definition) is 1. The fraction of sp³-hybridized carbons (Fsp3) is 0.0667. The zero-order valence-electron chi connectivity index (χ0n) is 9.99. The molecule has 0 atom stereocenters. The Morgan fingerprint density at radius 1 is 1.11 bits per heavy atom. The van der Waals surface area contributed by atoms with Gasteiger partial charge in [-0.2, -0.15) is 0 Å². The van der Waals surface area contributed by atoms with Crippen LogP contribution in [0.15, 0.2) is 53.6 Å². The fourth-order valence-corrected chi connectivity index (χ4v) is 3.36. The Balaban J connectivity index is 1.87. The predicted octanol–water partition coefficient (Wildman–Crippen LogP) is 5.25. The molecule has 0 bridgehead atoms. The number of thioether (sulfide) groups is 1. The number of rotatable bonds is 3. The first-order chi connectivity index (χ1) is 9.25. The van der Waals surface area contributed by atoms with Crippen molar-refractivity contribution < 1.29 is 4.39 Å². The maximum Gasteiger partial charge on any atom is 0.128 e. The van der Waals surface area contributed by atoms with Crippen molar-refractivity contribution in [3.63, 3.8) is 0 Å². The minimum atomic E-state index is -0.250. The Hall–Kier alpha value is -1.45. The van der Waals surface area contributed by atoms with Crippen molar-refractivity contribution in [3.05, 3.63) is 65.1 Å². The van der Waals surface area contributed by atoms with E-state index >= 15 is 0 Å². The van der Waals surface area contributed by atoms with Gasteiger partial charge in [-0.3, -0.25) is 0 Å². The highest BCUT2D eigenvalue weighted by Crippen LogP contribution is 2.32. The molecule has 0 amide bonds. The van der Waals surface area contributed by atoms with E-state index in [1.165, 1.54) is 6.07 Å². The molecular formula is C15H11ClFNS. The van der Waals surface area contributed by atoms with Gasteiger partial charge in [-0.1, -0.05) is 35.9 Å². The number of halogens is 2. The third-order valence-corrected chi connectivity index (χ3v) is 4.42. The fourth-order valence-electron chi connectivity index (χ4n) is 1.98. The third-order valence-electron chi connectivity index (χ3n) is 2.98. The number of nitrogens with one attached hydrogen (secondary N) is 1. The van der Waals surface area contributed by atoms with Gasteiger partial charge in [0.15, 0.2) is 0 Å². The summed E-state index contributed by atoms with van der Waals surface area (Å²) in [4.78, 5) is 4.31. The Labute approximate surface area is 119 Å². The molecule has 96 valence electrons. The van der Waals surface area contributed by atoms with E-state index in [4.69, 9.17) is 11.6 Å². The first-order valence-electron chi connectivity index (χ1n) is 5.87. The lowest BCUT2D eigenvalue weighted by molar-refractivity contribution is 0.617. The van der Waals surface area contributed by atoms with Crippen LogP contribution in [-0.2, 0) is 5.75 Å². The van der Waals surface area contributed by atoms with Crippen LogP contribution in [0.3, 0.4) is 0 Å². The van der Waals surface area contributed by atoms with Crippen molar-refractivity contribution in [1.82, 2.24) is 4.98 Å². The molecule has 0 aliphatic rings. The lowest BCUT2D eigenvalue weighted by Crippen LogP contribution is -1.88. The van der Waals surface area contributed by atoms with Crippen LogP contribution >= 0.6 is 23.4 Å². The molecule has 0 aliphatic heterocycles. The number of aromatic amines is 1. The van der Waals surface area contributed by atoms with E-state index in [0.717, 1.165) is 15.8 Å². The SMILES string of the molecule is Fc1cccc(Cl)c1CSc1c[nH]c2ccccc12. The van der Waals surface area contributed by atoms with Crippen molar-refractivity contribution in [2.24, 2.45) is 0 Å². The van der Waals surface area contributed by atoms with E-state index < -0.39 is 0 Å². The number of hydrogen-bond donors (Lipinski definition) is 1. The number of aromatic nitrogens is 1. The van der Waals surface area contributed by atoms with Gasteiger partial charge >= 0.3 is 0 Å². The van der Waals surface area contributed by atoms with Gasteiger partial charge in [-0.25, -0.2) is 4.39 Å². The van der Waals surface area contributed by atoms with Crippen LogP contribution in [0.1, 0.15) is 5.56 Å². The summed E-state index contributed by atoms with van der Waals surface area (Å²) < 4.78 is 13.7. The molecule has 4 heteroatoms. The normalized spacial score (nSPS) is 11.1. The van der Waals surface area contributed by atoms with Crippen LogP contribution in [-0.4, -0.2) is 4.98 Å². The Bertz CT molecular complexity index is 703. The number of para-hydroxylation sites is 1. The molecule has 0 unspecified atom stereocenters. The van der Waals surface area contributed by atoms with Crippen molar-refractivity contribution >= 4 is 34.3 Å². The van der Waals surface area contributed by atoms with Gasteiger partial charge < -0.3 is 4.98 Å². The highest BCUT2D eigenvalue weighted by Gasteiger charge is 2.09. The maximum absolute atomic E-state index is 13.7. The topological polar surface area (TPSA) is 15.8 Å². The summed E-state index contributed by atoms with van der Waals surface area (Å²) in [5.41, 5.74) is 1.64. The van der Waals surface area contributed by atoms with Crippen LogP contribution in [0.4, 0.5) is 4.39 Å². The largest absolute Gasteiger partial charge is 0.360 e. The van der Waals surface area contributed by atoms with Gasteiger partial charge in [0.25, 0.3) is 0 Å². The van der Waals surface area contributed by atoms with Gasteiger partial charge in [0.05, 0.1) is 0 Å². The average Bonchev–Trinajstić information content (AvgIpc) is 2.82. The summed E-state index contributed by atoms with van der Waals surface area (Å²) in [5, 5.41) is 1.63. The zero-order chi connectivity index (χ0) is 13.2. The number of fused-ring (bicyclic) bond motifs is 1. The first kappa shape index (κ1) is 12.6. The smallest absolute Gasteiger partial charge is 0.128 e. The molecule has 19 heavy (non-hydrogen) atoms. The lowest BCUT2D eigenvalue weighted by atomic mass is 10.2. The van der Waals surface area contributed by atoms with E-state index in [0.29, 0.717) is 16.3 Å². The molecule has 1 N–H and O–H groups in total. The Kier molecular flexibility index (Phi) is 3.49. The summed E-state index contributed by atoms with van der Waals surface area (Å²) in [6, 6.07) is 12.8. The average molecular weight is 292 g/mol. The van der Waals surface area contributed by atoms with Crippen LogP contribution in [0.25, 0.3) is 10.9 Å². The molecule has 0 spiro atoms. The second-order valence-electron chi connectivity index (χ2n) is 4.19. The second-order valence-corrected chi connectivity index (χ2v) is 5.61. The molecule has 3 aromatic rings. The van der Waals surface area contributed by atoms with E-state index in [1.54, 1.807) is 23.9 Å². The standard InChI is InChI=1S/C15H11ClFNS/c16-12-5-3-6-13(17)11(12)9-19-15-8-18-14-7-2-1-4-10(14)15/h1-8,18H,9H2. The Morgan fingerprint density at radius 2 is 1.95 bits per heavy atom. The number of H-pyrrole nitrogens is 1. The summed E-state index contributed by atoms with van der Waals surface area (Å²) in [5.74, 6) is 0.271. The molecular weight excluding hydrogens is 281 g/mol. The van der Waals surface area contributed by atoms with Crippen molar-refractivity contribution in [3.8, 4) is 0 Å². The quantitative estimate of drug-likeness (QED) is 0.651. The summed E-state index contributed by atoms with van der Waals surface area (Å²) in [6.45, 7) is 0. The molecule has 0 fully saturated rings. The molecule has 0 radical (unpaired) electrons. The molecule has 0 saturated heterocycles. The molecule has 3 rings (SSSR count). The molecule has 0 saturated carbocycles. The van der Waals surface area contributed by atoms with Crippen molar-refractivity contribution in [2.45, 2.75) is 10.6 Å². The van der Waals surface area contributed by atoms with Crippen molar-refractivity contribution in [1.29, 1.82) is 0 Å². The third kappa shape index (κ3) is 2.48. The Morgan fingerprint density at radius 3 is 2.79 bits per heavy atom. The van der Waals surface area contributed by atoms with E-state index in [-0.39, 0.29) is 5.82 Å². The highest BCUT2D eigenvalue weighted by atomic mass is 35.5. The van der Waals surface area contributed by atoms with E-state index in [9.17, 15) is 4.39 Å². The van der Waals surface area contributed by atoms with Gasteiger partial charge in [-0.05, 0) is 18.2 Å². The van der Waals surface area contributed by atoms with Crippen LogP contribution < -0.4 is 0 Å². The van der Waals surface area contributed by atoms with Gasteiger partial charge in [0.1, 0.15) is 5.82 Å². The molecule has 1 nitrogen and oxygen atoms in total. The van der Waals surface area contributed by atoms with E-state index in [1.807, 2.05) is 24.4 Å². The summed E-state index contributed by atoms with van der Waals surface area (Å²) in [7, 11) is 0. The molecule has 1 heterocycles. The van der Waals surface area contributed by atoms with Gasteiger partial charge in [-0.15, -0.1) is 11.8 Å². The van der Waals surface area contributed by atoms with Crippen LogP contribution in [0, 0.1) is 5.82 Å². The first-order valence-corrected chi connectivity index (χ1v) is 7.24.